The number of aryl methyl sites for hydroxylation is 1. The molecule has 0 radical (unpaired) electrons. The molecular formula is C15H22N2O. The number of nitrogens with one attached hydrogen (secondary N) is 2. The van der Waals surface area contributed by atoms with Crippen LogP contribution in [0.25, 0.3) is 0 Å². The van der Waals surface area contributed by atoms with Gasteiger partial charge in [-0.1, -0.05) is 6.92 Å². The molecule has 1 aliphatic carbocycles. The Bertz CT molecular complexity index is 436. The van der Waals surface area contributed by atoms with E-state index in [4.69, 9.17) is 0 Å². The van der Waals surface area contributed by atoms with Crippen LogP contribution in [-0.2, 0) is 0 Å². The molecule has 0 spiro atoms. The van der Waals surface area contributed by atoms with Crippen LogP contribution in [0.1, 0.15) is 42.6 Å². The molecule has 1 aliphatic rings. The van der Waals surface area contributed by atoms with Crippen LogP contribution in [0.4, 0.5) is 5.69 Å². The molecule has 3 heteroatoms. The normalized spacial score (nSPS) is 22.2. The second kappa shape index (κ2) is 5.42. The predicted molar refractivity (Wildman–Crippen MR) is 75.0 cm³/mol. The van der Waals surface area contributed by atoms with Crippen molar-refractivity contribution >= 4 is 11.6 Å². The highest BCUT2D eigenvalue weighted by molar-refractivity contribution is 5.94. The molecule has 1 fully saturated rings. The number of rotatable bonds is 4. The third-order valence-electron chi connectivity index (χ3n) is 3.56. The average molecular weight is 246 g/mol. The fourth-order valence-corrected chi connectivity index (χ4v) is 2.47. The summed E-state index contributed by atoms with van der Waals surface area (Å²) in [7, 11) is 0. The van der Waals surface area contributed by atoms with Gasteiger partial charge in [0.25, 0.3) is 5.91 Å². The summed E-state index contributed by atoms with van der Waals surface area (Å²) in [6.07, 6.45) is 2.50. The molecular weight excluding hydrogens is 224 g/mol. The summed E-state index contributed by atoms with van der Waals surface area (Å²) >= 11 is 0. The zero-order chi connectivity index (χ0) is 13.1. The van der Waals surface area contributed by atoms with Gasteiger partial charge in [-0.05, 0) is 56.4 Å². The first-order valence-corrected chi connectivity index (χ1v) is 6.75. The van der Waals surface area contributed by atoms with E-state index < -0.39 is 0 Å². The zero-order valence-electron chi connectivity index (χ0n) is 11.4. The van der Waals surface area contributed by atoms with Gasteiger partial charge in [0.15, 0.2) is 0 Å². The number of anilines is 1. The van der Waals surface area contributed by atoms with E-state index in [0.29, 0.717) is 12.6 Å². The summed E-state index contributed by atoms with van der Waals surface area (Å²) in [6.45, 7) is 6.92. The van der Waals surface area contributed by atoms with E-state index >= 15 is 0 Å². The van der Waals surface area contributed by atoms with Crippen LogP contribution in [0.2, 0.25) is 0 Å². The lowest BCUT2D eigenvalue weighted by molar-refractivity contribution is 0.0956. The molecule has 1 amide bonds. The molecule has 1 aromatic rings. The fraction of sp³-hybridized carbons (Fsp3) is 0.533. The van der Waals surface area contributed by atoms with E-state index in [1.54, 1.807) is 0 Å². The topological polar surface area (TPSA) is 41.1 Å². The Labute approximate surface area is 109 Å². The van der Waals surface area contributed by atoms with Gasteiger partial charge in [-0.3, -0.25) is 4.79 Å². The SMILES string of the molecule is CCNC(=O)c1ccc(NC2CC(C)C2)c(C)c1. The molecule has 2 rings (SSSR count). The lowest BCUT2D eigenvalue weighted by atomic mass is 9.81. The monoisotopic (exact) mass is 246 g/mol. The highest BCUT2D eigenvalue weighted by atomic mass is 16.1. The Morgan fingerprint density at radius 3 is 2.67 bits per heavy atom. The van der Waals surface area contributed by atoms with Gasteiger partial charge in [0.05, 0.1) is 0 Å². The largest absolute Gasteiger partial charge is 0.382 e. The quantitative estimate of drug-likeness (QED) is 0.857. The summed E-state index contributed by atoms with van der Waals surface area (Å²) in [5, 5.41) is 6.36. The molecule has 2 N–H and O–H groups in total. The molecule has 0 heterocycles. The van der Waals surface area contributed by atoms with E-state index in [9.17, 15) is 4.79 Å². The Morgan fingerprint density at radius 1 is 1.39 bits per heavy atom. The number of benzene rings is 1. The van der Waals surface area contributed by atoms with Gasteiger partial charge in [0.1, 0.15) is 0 Å². The first kappa shape index (κ1) is 12.9. The maximum absolute atomic E-state index is 11.7. The smallest absolute Gasteiger partial charge is 0.251 e. The highest BCUT2D eigenvalue weighted by Gasteiger charge is 2.25. The van der Waals surface area contributed by atoms with Crippen LogP contribution >= 0.6 is 0 Å². The Kier molecular flexibility index (Phi) is 3.90. The van der Waals surface area contributed by atoms with Crippen molar-refractivity contribution in [1.82, 2.24) is 5.32 Å². The van der Waals surface area contributed by atoms with Crippen molar-refractivity contribution in [2.75, 3.05) is 11.9 Å². The molecule has 0 atom stereocenters. The van der Waals surface area contributed by atoms with Crippen LogP contribution in [0.15, 0.2) is 18.2 Å². The van der Waals surface area contributed by atoms with Gasteiger partial charge in [-0.15, -0.1) is 0 Å². The third kappa shape index (κ3) is 2.84. The molecule has 0 bridgehead atoms. The van der Waals surface area contributed by atoms with Crippen LogP contribution < -0.4 is 10.6 Å². The Hall–Kier alpha value is -1.51. The zero-order valence-corrected chi connectivity index (χ0v) is 11.4. The minimum atomic E-state index is 0.00409. The van der Waals surface area contributed by atoms with Gasteiger partial charge in [0.2, 0.25) is 0 Å². The highest BCUT2D eigenvalue weighted by Crippen LogP contribution is 2.30. The summed E-state index contributed by atoms with van der Waals surface area (Å²) in [6, 6.07) is 6.47. The number of hydrogen-bond acceptors (Lipinski definition) is 2. The second-order valence-electron chi connectivity index (χ2n) is 5.31. The van der Waals surface area contributed by atoms with Crippen molar-refractivity contribution < 1.29 is 4.79 Å². The molecule has 1 aromatic carbocycles. The Morgan fingerprint density at radius 2 is 2.11 bits per heavy atom. The molecule has 18 heavy (non-hydrogen) atoms. The maximum Gasteiger partial charge on any atom is 0.251 e. The first-order valence-electron chi connectivity index (χ1n) is 6.75. The lowest BCUT2D eigenvalue weighted by Gasteiger charge is -2.34. The van der Waals surface area contributed by atoms with Crippen molar-refractivity contribution in [3.8, 4) is 0 Å². The molecule has 0 saturated heterocycles. The first-order chi connectivity index (χ1) is 8.60. The Balaban J connectivity index is 2.03. The summed E-state index contributed by atoms with van der Waals surface area (Å²) < 4.78 is 0. The van der Waals surface area contributed by atoms with Gasteiger partial charge in [-0.25, -0.2) is 0 Å². The molecule has 0 aromatic heterocycles. The third-order valence-corrected chi connectivity index (χ3v) is 3.56. The molecule has 1 saturated carbocycles. The number of amides is 1. The minimum absolute atomic E-state index is 0.00409. The van der Waals surface area contributed by atoms with Gasteiger partial charge < -0.3 is 10.6 Å². The van der Waals surface area contributed by atoms with Gasteiger partial charge in [-0.2, -0.15) is 0 Å². The van der Waals surface area contributed by atoms with Crippen molar-refractivity contribution in [3.05, 3.63) is 29.3 Å². The van der Waals surface area contributed by atoms with E-state index in [1.165, 1.54) is 12.8 Å². The second-order valence-corrected chi connectivity index (χ2v) is 5.31. The summed E-state index contributed by atoms with van der Waals surface area (Å²) in [4.78, 5) is 11.7. The maximum atomic E-state index is 11.7. The van der Waals surface area contributed by atoms with Gasteiger partial charge in [0, 0.05) is 23.8 Å². The number of hydrogen-bond donors (Lipinski definition) is 2. The van der Waals surface area contributed by atoms with Crippen molar-refractivity contribution in [3.63, 3.8) is 0 Å². The predicted octanol–water partition coefficient (Wildman–Crippen LogP) is 2.96. The summed E-state index contributed by atoms with van der Waals surface area (Å²) in [5.41, 5.74) is 3.03. The van der Waals surface area contributed by atoms with E-state index in [2.05, 4.69) is 17.6 Å². The van der Waals surface area contributed by atoms with Crippen LogP contribution in [0, 0.1) is 12.8 Å². The fourth-order valence-electron chi connectivity index (χ4n) is 2.47. The van der Waals surface area contributed by atoms with Crippen molar-refractivity contribution in [2.45, 2.75) is 39.7 Å². The number of carbonyl (C=O) groups excluding carboxylic acids is 1. The molecule has 98 valence electrons. The molecule has 0 aliphatic heterocycles. The van der Waals surface area contributed by atoms with Crippen LogP contribution in [0.3, 0.4) is 0 Å². The summed E-state index contributed by atoms with van der Waals surface area (Å²) in [5.74, 6) is 0.849. The van der Waals surface area contributed by atoms with Crippen molar-refractivity contribution in [2.24, 2.45) is 5.92 Å². The van der Waals surface area contributed by atoms with Crippen molar-refractivity contribution in [1.29, 1.82) is 0 Å². The lowest BCUT2D eigenvalue weighted by Crippen LogP contribution is -2.34. The number of carbonyl (C=O) groups is 1. The minimum Gasteiger partial charge on any atom is -0.382 e. The molecule has 3 nitrogen and oxygen atoms in total. The molecule has 0 unspecified atom stereocenters. The van der Waals surface area contributed by atoms with E-state index in [-0.39, 0.29) is 5.91 Å². The average Bonchev–Trinajstić information content (AvgIpc) is 2.29. The van der Waals surface area contributed by atoms with Gasteiger partial charge >= 0.3 is 0 Å². The van der Waals surface area contributed by atoms with Crippen LogP contribution in [0.5, 0.6) is 0 Å². The van der Waals surface area contributed by atoms with E-state index in [0.717, 1.165) is 22.7 Å². The standard InChI is InChI=1S/C15H22N2O/c1-4-16-15(18)12-5-6-14(11(3)9-12)17-13-7-10(2)8-13/h5-6,9-10,13,17H,4,7-8H2,1-3H3,(H,16,18). The van der Waals surface area contributed by atoms with E-state index in [1.807, 2.05) is 32.0 Å². The van der Waals surface area contributed by atoms with Crippen LogP contribution in [-0.4, -0.2) is 18.5 Å².